The Labute approximate surface area is 127 Å². The van der Waals surface area contributed by atoms with Gasteiger partial charge in [-0.3, -0.25) is 0 Å². The summed E-state index contributed by atoms with van der Waals surface area (Å²) in [6.07, 6.45) is 1.37. The van der Waals surface area contributed by atoms with E-state index in [0.29, 0.717) is 29.2 Å². The molecule has 0 aliphatic rings. The number of rotatable bonds is 7. The monoisotopic (exact) mass is 342 g/mol. The maximum absolute atomic E-state index is 11.4. The molecule has 1 rings (SSSR count). The highest BCUT2D eigenvalue weighted by Crippen LogP contribution is 2.29. The summed E-state index contributed by atoms with van der Waals surface area (Å²) in [6.45, 7) is 5.97. The second-order valence-corrected chi connectivity index (χ2v) is 4.77. The minimum absolute atomic E-state index is 0.0428. The molecule has 0 unspecified atom stereocenters. The summed E-state index contributed by atoms with van der Waals surface area (Å²) in [5.41, 5.74) is 0. The van der Waals surface area contributed by atoms with Crippen molar-refractivity contribution in [3.63, 3.8) is 0 Å². The summed E-state index contributed by atoms with van der Waals surface area (Å²) >= 11 is 3.29. The molecule has 0 aliphatic carbocycles. The maximum atomic E-state index is 11.4. The fraction of sp³-hybridized carbons (Fsp3) is 0.400. The quantitative estimate of drug-likeness (QED) is 0.328. The first-order chi connectivity index (χ1) is 9.56. The average molecular weight is 343 g/mol. The predicted octanol–water partition coefficient (Wildman–Crippen LogP) is 3.69. The number of carbonyl (C=O) groups is 1. The molecule has 0 amide bonds. The van der Waals surface area contributed by atoms with Gasteiger partial charge >= 0.3 is 5.97 Å². The number of para-hydroxylation sites is 2. The van der Waals surface area contributed by atoms with E-state index < -0.39 is 5.97 Å². The summed E-state index contributed by atoms with van der Waals surface area (Å²) in [5, 5.41) is 0.405. The Kier molecular flexibility index (Phi) is 7.15. The molecule has 0 saturated heterocycles. The molecule has 110 valence electrons. The Morgan fingerprint density at radius 2 is 1.95 bits per heavy atom. The molecule has 0 spiro atoms. The van der Waals surface area contributed by atoms with Gasteiger partial charge in [0.15, 0.2) is 11.5 Å². The number of hydrogen-bond acceptors (Lipinski definition) is 4. The van der Waals surface area contributed by atoms with Crippen LogP contribution in [0, 0.1) is 0 Å². The second-order valence-electron chi connectivity index (χ2n) is 4.21. The smallest absolute Gasteiger partial charge is 0.334 e. The SMILES string of the molecule is CCOC(=O)/C=C(/CBr)Oc1ccccc1OC(C)C. The van der Waals surface area contributed by atoms with Crippen molar-refractivity contribution in [1.82, 2.24) is 0 Å². The number of benzene rings is 1. The van der Waals surface area contributed by atoms with Crippen molar-refractivity contribution >= 4 is 21.9 Å². The summed E-state index contributed by atoms with van der Waals surface area (Å²) in [4.78, 5) is 11.4. The van der Waals surface area contributed by atoms with Crippen molar-refractivity contribution in [2.45, 2.75) is 26.9 Å². The maximum Gasteiger partial charge on any atom is 0.334 e. The highest BCUT2D eigenvalue weighted by atomic mass is 79.9. The van der Waals surface area contributed by atoms with Gasteiger partial charge in [-0.25, -0.2) is 4.79 Å². The summed E-state index contributed by atoms with van der Waals surface area (Å²) < 4.78 is 16.2. The van der Waals surface area contributed by atoms with Gasteiger partial charge in [0.25, 0.3) is 0 Å². The third-order valence-corrected chi connectivity index (χ3v) is 2.70. The lowest BCUT2D eigenvalue weighted by Gasteiger charge is -2.15. The molecule has 0 aliphatic heterocycles. The number of alkyl halides is 1. The zero-order valence-electron chi connectivity index (χ0n) is 11.9. The first kappa shape index (κ1) is 16.6. The molecule has 0 aromatic heterocycles. The Morgan fingerprint density at radius 1 is 1.30 bits per heavy atom. The van der Waals surface area contributed by atoms with E-state index in [0.717, 1.165) is 0 Å². The minimum Gasteiger partial charge on any atom is -0.487 e. The molecule has 1 aromatic carbocycles. The van der Waals surface area contributed by atoms with E-state index in [1.807, 2.05) is 32.0 Å². The number of halogens is 1. The molecule has 5 heteroatoms. The molecule has 0 fully saturated rings. The van der Waals surface area contributed by atoms with Gasteiger partial charge < -0.3 is 14.2 Å². The fourth-order valence-electron chi connectivity index (χ4n) is 1.44. The molecule has 0 atom stereocenters. The van der Waals surface area contributed by atoms with E-state index in [1.54, 1.807) is 13.0 Å². The van der Waals surface area contributed by atoms with Gasteiger partial charge in [-0.2, -0.15) is 0 Å². The first-order valence-corrected chi connectivity index (χ1v) is 7.55. The summed E-state index contributed by atoms with van der Waals surface area (Å²) in [5.74, 6) is 1.24. The van der Waals surface area contributed by atoms with Crippen LogP contribution in [0.2, 0.25) is 0 Å². The zero-order valence-corrected chi connectivity index (χ0v) is 13.5. The topological polar surface area (TPSA) is 44.8 Å². The highest BCUT2D eigenvalue weighted by Gasteiger charge is 2.10. The van der Waals surface area contributed by atoms with Crippen LogP contribution < -0.4 is 9.47 Å². The van der Waals surface area contributed by atoms with E-state index in [2.05, 4.69) is 15.9 Å². The Bertz CT molecular complexity index is 469. The van der Waals surface area contributed by atoms with E-state index >= 15 is 0 Å². The molecule has 0 heterocycles. The second kappa shape index (κ2) is 8.64. The number of hydrogen-bond donors (Lipinski definition) is 0. The van der Waals surface area contributed by atoms with Crippen molar-refractivity contribution in [2.75, 3.05) is 11.9 Å². The number of ether oxygens (including phenoxy) is 3. The largest absolute Gasteiger partial charge is 0.487 e. The molecule has 20 heavy (non-hydrogen) atoms. The van der Waals surface area contributed by atoms with E-state index in [-0.39, 0.29) is 6.10 Å². The van der Waals surface area contributed by atoms with Gasteiger partial charge in [-0.05, 0) is 32.9 Å². The third kappa shape index (κ3) is 5.65. The molecule has 1 aromatic rings. The van der Waals surface area contributed by atoms with Gasteiger partial charge in [0.1, 0.15) is 5.76 Å². The summed E-state index contributed by atoms with van der Waals surface area (Å²) in [6, 6.07) is 7.33. The summed E-state index contributed by atoms with van der Waals surface area (Å²) in [7, 11) is 0. The molecule has 0 radical (unpaired) electrons. The van der Waals surface area contributed by atoms with E-state index in [9.17, 15) is 4.79 Å². The van der Waals surface area contributed by atoms with Crippen LogP contribution in [0.3, 0.4) is 0 Å². The van der Waals surface area contributed by atoms with Gasteiger partial charge in [0.2, 0.25) is 0 Å². The number of allylic oxidation sites excluding steroid dienone is 1. The highest BCUT2D eigenvalue weighted by molar-refractivity contribution is 9.09. The third-order valence-electron chi connectivity index (χ3n) is 2.15. The molecule has 0 saturated carbocycles. The number of carbonyl (C=O) groups excluding carboxylic acids is 1. The Morgan fingerprint density at radius 3 is 2.50 bits per heavy atom. The van der Waals surface area contributed by atoms with Crippen LogP contribution in [0.15, 0.2) is 36.1 Å². The molecule has 0 bridgehead atoms. The molecule has 0 N–H and O–H groups in total. The average Bonchev–Trinajstić information content (AvgIpc) is 2.39. The van der Waals surface area contributed by atoms with Crippen LogP contribution in [0.25, 0.3) is 0 Å². The number of esters is 1. The van der Waals surface area contributed by atoms with Crippen LogP contribution >= 0.6 is 15.9 Å². The van der Waals surface area contributed by atoms with Gasteiger partial charge in [-0.15, -0.1) is 0 Å². The lowest BCUT2D eigenvalue weighted by molar-refractivity contribution is -0.137. The van der Waals surface area contributed by atoms with Crippen LogP contribution in [0.4, 0.5) is 0 Å². The van der Waals surface area contributed by atoms with Crippen LogP contribution in [-0.2, 0) is 9.53 Å². The van der Waals surface area contributed by atoms with Gasteiger partial charge in [0, 0.05) is 0 Å². The lowest BCUT2D eigenvalue weighted by Crippen LogP contribution is -2.09. The van der Waals surface area contributed by atoms with Crippen LogP contribution in [0.1, 0.15) is 20.8 Å². The predicted molar refractivity (Wildman–Crippen MR) is 81.3 cm³/mol. The zero-order chi connectivity index (χ0) is 15.0. The Hall–Kier alpha value is -1.49. The van der Waals surface area contributed by atoms with Crippen LogP contribution in [-0.4, -0.2) is 24.0 Å². The lowest BCUT2D eigenvalue weighted by atomic mass is 10.3. The van der Waals surface area contributed by atoms with Gasteiger partial charge in [-0.1, -0.05) is 28.1 Å². The normalized spacial score (nSPS) is 11.3. The fourth-order valence-corrected chi connectivity index (χ4v) is 1.71. The van der Waals surface area contributed by atoms with Crippen LogP contribution in [0.5, 0.6) is 11.5 Å². The molecule has 4 nitrogen and oxygen atoms in total. The van der Waals surface area contributed by atoms with Crippen molar-refractivity contribution in [1.29, 1.82) is 0 Å². The first-order valence-electron chi connectivity index (χ1n) is 6.43. The molecular weight excluding hydrogens is 324 g/mol. The van der Waals surface area contributed by atoms with Crippen molar-refractivity contribution in [2.24, 2.45) is 0 Å². The standard InChI is InChI=1S/C15H19BrO4/c1-4-18-15(17)9-12(10-16)20-14-8-6-5-7-13(14)19-11(2)3/h5-9,11H,4,10H2,1-3H3/b12-9-. The minimum atomic E-state index is -0.427. The van der Waals surface area contributed by atoms with Crippen molar-refractivity contribution < 1.29 is 19.0 Å². The van der Waals surface area contributed by atoms with E-state index in [4.69, 9.17) is 14.2 Å². The van der Waals surface area contributed by atoms with Crippen molar-refractivity contribution in [3.8, 4) is 11.5 Å². The van der Waals surface area contributed by atoms with Gasteiger partial charge in [0.05, 0.1) is 24.1 Å². The van der Waals surface area contributed by atoms with E-state index in [1.165, 1.54) is 6.08 Å². The Balaban J connectivity index is 2.87. The molecular formula is C15H19BrO4. The van der Waals surface area contributed by atoms with Crippen molar-refractivity contribution in [3.05, 3.63) is 36.1 Å².